The lowest BCUT2D eigenvalue weighted by atomic mass is 9.90. The zero-order valence-electron chi connectivity index (χ0n) is 61.6. The standard InChI is InChI=1S/C27H28N2O5.C24H21NO3.C24H28O4.C7H6BrNO.C3H7NO3/c1-17-12-19(15-29-24(16-30)27(31)32)14-28-23(17)8-6-20-4-3-5-22(18(20)2)21-7-9-25-26(13-21)34-11-10-33-25;1-16-12-18(15-26)14-25-22(16)8-6-19-4-3-5-21(17(19)2)20-7-9-23-24(13-20)28-11-10-27-23;1-16-17(10-12-22-27-23(2,3)24(4,5)28-22)7-6-8-19(16)18-9-11-20-21(15-18)26-14-13-25-20;1-5-2-3-6(4-10)9-7(5)8;4-2(1-5)3(6)7/h3-9,12-14,24,29-30H,10-11,15-16H2,1-2H3,(H,31,32);3-9,12-15H,10-11H2,1-2H3;6-12,15,22H,13-14H2,1-5H3;2-4H,1H3;2,5H,1,4H2,(H,6,7)/b2*8-6+;12-10+;;. The van der Waals surface area contributed by atoms with Crippen LogP contribution in [-0.4, -0.2) is 142 Å². The number of aromatic nitrogens is 3. The molecule has 2 unspecified atom stereocenters. The number of nitrogens with one attached hydrogen (secondary N) is 1. The molecule has 1 saturated heterocycles. The summed E-state index contributed by atoms with van der Waals surface area (Å²) in [6.45, 7) is 23.3. The van der Waals surface area contributed by atoms with Gasteiger partial charge in [0.2, 0.25) is 0 Å². The maximum Gasteiger partial charge on any atom is 0.323 e. The number of nitrogens with two attached hydrogens (primary N) is 1. The minimum absolute atomic E-state index is 0.312. The van der Waals surface area contributed by atoms with Crippen LogP contribution in [0.25, 0.3) is 63.8 Å². The molecule has 4 aliphatic rings. The molecular weight excluding hydrogens is 1430 g/mol. The smallest absolute Gasteiger partial charge is 0.323 e. The van der Waals surface area contributed by atoms with E-state index in [9.17, 15) is 19.2 Å². The number of hydrogen-bond acceptors (Lipinski definition) is 19. The molecule has 2 atom stereocenters. The highest BCUT2D eigenvalue weighted by Gasteiger charge is 2.48. The molecule has 3 aromatic heterocycles. The Morgan fingerprint density at radius 2 is 0.953 bits per heavy atom. The molecule has 21 nitrogen and oxygen atoms in total. The Balaban J connectivity index is 0.000000167. The van der Waals surface area contributed by atoms with Crippen molar-refractivity contribution in [3.05, 3.63) is 235 Å². The number of carboxylic acid groups (broad SMARTS) is 2. The van der Waals surface area contributed by atoms with E-state index in [1.807, 2.05) is 99.7 Å². The monoisotopic (exact) mass is 1520 g/mol. The summed E-state index contributed by atoms with van der Waals surface area (Å²) in [5.41, 5.74) is 24.3. The number of aliphatic hydroxyl groups is 2. The number of aryl methyl sites for hydroxylation is 3. The van der Waals surface area contributed by atoms with Crippen molar-refractivity contribution in [1.82, 2.24) is 20.3 Å². The van der Waals surface area contributed by atoms with Gasteiger partial charge in [0.05, 0.1) is 35.8 Å². The van der Waals surface area contributed by atoms with Crippen LogP contribution in [0.1, 0.15) is 116 Å². The number of pyridine rings is 3. The Labute approximate surface area is 631 Å². The maximum atomic E-state index is 11.0. The molecule has 13 rings (SSSR count). The number of rotatable bonds is 18. The van der Waals surface area contributed by atoms with Crippen LogP contribution in [0.5, 0.6) is 34.5 Å². The number of carbonyl (C=O) groups excluding carboxylic acids is 2. The Hall–Kier alpha value is -10.7. The summed E-state index contributed by atoms with van der Waals surface area (Å²) in [6.07, 6.45) is 16.7. The summed E-state index contributed by atoms with van der Waals surface area (Å²) < 4.78 is 46.9. The number of hydrogen-bond donors (Lipinski definition) is 6. The first-order valence-electron chi connectivity index (χ1n) is 34.8. The summed E-state index contributed by atoms with van der Waals surface area (Å²) in [6, 6.07) is 42.2. The molecule has 0 amide bonds. The topological polar surface area (TPSA) is 300 Å². The van der Waals surface area contributed by atoms with Gasteiger partial charge in [0, 0.05) is 24.5 Å². The highest BCUT2D eigenvalue weighted by atomic mass is 79.9. The zero-order chi connectivity index (χ0) is 77.0. The van der Waals surface area contributed by atoms with Gasteiger partial charge in [0.1, 0.15) is 62.0 Å². The second-order valence-electron chi connectivity index (χ2n) is 26.5. The second-order valence-corrected chi connectivity index (χ2v) is 27.2. The van der Waals surface area contributed by atoms with Gasteiger partial charge in [-0.2, -0.15) is 0 Å². The molecule has 0 spiro atoms. The summed E-state index contributed by atoms with van der Waals surface area (Å²) in [7, 11) is 0. The van der Waals surface area contributed by atoms with Crippen molar-refractivity contribution >= 4 is 70.8 Å². The Morgan fingerprint density at radius 3 is 1.33 bits per heavy atom. The van der Waals surface area contributed by atoms with Crippen molar-refractivity contribution in [3.63, 3.8) is 0 Å². The number of carboxylic acids is 2. The highest BCUT2D eigenvalue weighted by molar-refractivity contribution is 9.10. The number of fused-ring (bicyclic) bond motifs is 3. The number of ether oxygens (including phenoxy) is 8. The highest BCUT2D eigenvalue weighted by Crippen LogP contribution is 2.42. The number of benzene rings is 6. The predicted molar refractivity (Wildman–Crippen MR) is 417 cm³/mol. The van der Waals surface area contributed by atoms with Crippen LogP contribution in [0.4, 0.5) is 0 Å². The van der Waals surface area contributed by atoms with E-state index < -0.39 is 37.2 Å². The molecule has 558 valence electrons. The molecule has 7 N–H and O–H groups in total. The van der Waals surface area contributed by atoms with Gasteiger partial charge in [0.25, 0.3) is 0 Å². The van der Waals surface area contributed by atoms with Crippen molar-refractivity contribution in [2.75, 3.05) is 52.9 Å². The van der Waals surface area contributed by atoms with Crippen LogP contribution in [-0.2, 0) is 25.6 Å². The fraction of sp³-hybridized carbons (Fsp3) is 0.282. The number of halogens is 1. The van der Waals surface area contributed by atoms with Crippen LogP contribution < -0.4 is 39.5 Å². The summed E-state index contributed by atoms with van der Waals surface area (Å²) in [5, 5.41) is 36.9. The predicted octanol–water partition coefficient (Wildman–Crippen LogP) is 14.7. The van der Waals surface area contributed by atoms with Crippen LogP contribution in [0.3, 0.4) is 0 Å². The Bertz CT molecular complexity index is 4730. The van der Waals surface area contributed by atoms with Gasteiger partial charge in [-0.3, -0.25) is 34.5 Å². The minimum Gasteiger partial charge on any atom is -0.486 e. The van der Waals surface area contributed by atoms with Gasteiger partial charge in [-0.15, -0.1) is 0 Å². The van der Waals surface area contributed by atoms with Gasteiger partial charge in [0.15, 0.2) is 53.4 Å². The molecular formula is C85H90BrN5O16. The van der Waals surface area contributed by atoms with E-state index in [-0.39, 0.29) is 17.5 Å². The molecule has 107 heavy (non-hydrogen) atoms. The lowest BCUT2D eigenvalue weighted by Gasteiger charge is -2.30. The second kappa shape index (κ2) is 37.5. The van der Waals surface area contributed by atoms with Crippen molar-refractivity contribution in [3.8, 4) is 67.9 Å². The third-order valence-corrected chi connectivity index (χ3v) is 19.2. The largest absolute Gasteiger partial charge is 0.486 e. The first-order valence-corrected chi connectivity index (χ1v) is 35.6. The molecule has 9 aromatic rings. The van der Waals surface area contributed by atoms with Crippen molar-refractivity contribution in [2.24, 2.45) is 5.73 Å². The van der Waals surface area contributed by atoms with Gasteiger partial charge < -0.3 is 64.1 Å². The van der Waals surface area contributed by atoms with Gasteiger partial charge in [-0.1, -0.05) is 103 Å². The van der Waals surface area contributed by atoms with Crippen LogP contribution in [0.15, 0.2) is 157 Å². The average Bonchev–Trinajstić information content (AvgIpc) is 1.50. The van der Waals surface area contributed by atoms with E-state index in [1.54, 1.807) is 18.5 Å². The van der Waals surface area contributed by atoms with E-state index in [4.69, 9.17) is 64.1 Å². The van der Waals surface area contributed by atoms with E-state index in [0.29, 0.717) is 57.4 Å². The number of aldehydes is 2. The van der Waals surface area contributed by atoms with Gasteiger partial charge in [-0.25, -0.2) is 4.98 Å². The quantitative estimate of drug-likeness (QED) is 0.0343. The number of aliphatic hydroxyl groups excluding tert-OH is 2. The molecule has 6 aromatic carbocycles. The summed E-state index contributed by atoms with van der Waals surface area (Å²) in [5.74, 6) is 2.49. The fourth-order valence-electron chi connectivity index (χ4n) is 11.5. The first kappa shape index (κ1) is 80.4. The number of aliphatic carboxylic acids is 2. The van der Waals surface area contributed by atoms with E-state index in [2.05, 4.69) is 170 Å². The van der Waals surface area contributed by atoms with Gasteiger partial charge in [-0.05, 0) is 241 Å². The van der Waals surface area contributed by atoms with E-state index in [1.165, 1.54) is 16.7 Å². The fourth-order valence-corrected chi connectivity index (χ4v) is 11.8. The van der Waals surface area contributed by atoms with Crippen molar-refractivity contribution in [2.45, 2.75) is 105 Å². The lowest BCUT2D eigenvalue weighted by molar-refractivity contribution is -0.141. The third-order valence-electron chi connectivity index (χ3n) is 18.4. The Morgan fingerprint density at radius 1 is 0.523 bits per heavy atom. The maximum absolute atomic E-state index is 11.0. The number of carbonyl (C=O) groups is 4. The van der Waals surface area contributed by atoms with Crippen LogP contribution in [0.2, 0.25) is 0 Å². The molecule has 1 fully saturated rings. The molecule has 0 radical (unpaired) electrons. The van der Waals surface area contributed by atoms with Crippen LogP contribution in [0, 0.1) is 41.5 Å². The normalized spacial score (nSPS) is 14.9. The summed E-state index contributed by atoms with van der Waals surface area (Å²) >= 11 is 3.22. The molecule has 4 aliphatic heterocycles. The molecule has 0 saturated carbocycles. The number of nitrogens with zero attached hydrogens (tertiary/aromatic N) is 3. The SMILES string of the molecule is Cc1c(/C=C/C2OC(C)(C)C(C)(C)O2)cccc1-c1ccc2c(c1)OCCO2.Cc1cc(C=O)cnc1/C=C/c1cccc(-c2ccc3c(c2)OCCO3)c1C.Cc1cc(CNC(CO)C(=O)O)cnc1/C=C/c1cccc(-c2ccc3c(c2)OCCO3)c1C.Cc1ccc(C=O)nc1Br.NC(CO)C(=O)O. The van der Waals surface area contributed by atoms with E-state index >= 15 is 0 Å². The molecule has 7 heterocycles. The molecule has 0 bridgehead atoms. The lowest BCUT2D eigenvalue weighted by Crippen LogP contribution is -2.41. The van der Waals surface area contributed by atoms with Crippen molar-refractivity contribution in [1.29, 1.82) is 0 Å². The first-order chi connectivity index (χ1) is 51.3. The minimum atomic E-state index is -1.18. The van der Waals surface area contributed by atoms with E-state index in [0.717, 1.165) is 135 Å². The average molecular weight is 1520 g/mol. The van der Waals surface area contributed by atoms with Crippen molar-refractivity contribution < 1.29 is 77.5 Å². The van der Waals surface area contributed by atoms with Crippen LogP contribution >= 0.6 is 15.9 Å². The zero-order valence-corrected chi connectivity index (χ0v) is 63.1. The third kappa shape index (κ3) is 21.3. The summed E-state index contributed by atoms with van der Waals surface area (Å²) in [4.78, 5) is 54.6. The molecule has 22 heteroatoms. The molecule has 0 aliphatic carbocycles. The van der Waals surface area contributed by atoms with Gasteiger partial charge >= 0.3 is 11.9 Å². The Kier molecular flexibility index (Phi) is 28.2.